The number of carboxylic acids is 2. The number of carboxylic acid groups (broad SMARTS) is 2. The lowest BCUT2D eigenvalue weighted by Crippen LogP contribution is -2.45. The maximum absolute atomic E-state index is 9.10. The molecule has 1 aliphatic rings. The van der Waals surface area contributed by atoms with E-state index < -0.39 is 11.9 Å². The first-order valence-electron chi connectivity index (χ1n) is 8.73. The molecule has 0 saturated carbocycles. The summed E-state index contributed by atoms with van der Waals surface area (Å²) in [7, 11) is 0. The molecule has 0 atom stereocenters. The number of nitrogens with zero attached hydrogens (tertiary/aromatic N) is 2. The van der Waals surface area contributed by atoms with Gasteiger partial charge in [0.1, 0.15) is 0 Å². The smallest absolute Gasteiger partial charge is 0.414 e. The van der Waals surface area contributed by atoms with Crippen LogP contribution >= 0.6 is 27.5 Å². The molecular formula is C20H22BrClN2O4. The van der Waals surface area contributed by atoms with Crippen LogP contribution in [0, 0.1) is 0 Å². The molecule has 6 nitrogen and oxygen atoms in total. The van der Waals surface area contributed by atoms with Crippen molar-refractivity contribution in [2.24, 2.45) is 0 Å². The van der Waals surface area contributed by atoms with Crippen molar-refractivity contribution in [1.29, 1.82) is 0 Å². The fraction of sp³-hybridized carbons (Fsp3) is 0.300. The molecule has 8 heteroatoms. The molecule has 1 heterocycles. The Kier molecular flexibility index (Phi) is 8.92. The van der Waals surface area contributed by atoms with E-state index in [2.05, 4.69) is 62.1 Å². The molecule has 1 saturated heterocycles. The van der Waals surface area contributed by atoms with Crippen LogP contribution in [0.2, 0.25) is 5.02 Å². The molecular weight excluding hydrogens is 448 g/mol. The zero-order valence-electron chi connectivity index (χ0n) is 15.2. The van der Waals surface area contributed by atoms with Gasteiger partial charge in [0.25, 0.3) is 0 Å². The van der Waals surface area contributed by atoms with Crippen molar-refractivity contribution in [3.8, 4) is 0 Å². The molecule has 2 N–H and O–H groups in total. The third-order valence-corrected chi connectivity index (χ3v) is 5.03. The third-order valence-electron chi connectivity index (χ3n) is 4.26. The molecule has 1 aliphatic heterocycles. The second kappa shape index (κ2) is 11.2. The maximum atomic E-state index is 9.10. The van der Waals surface area contributed by atoms with Crippen molar-refractivity contribution >= 4 is 39.5 Å². The molecule has 0 aromatic heterocycles. The van der Waals surface area contributed by atoms with E-state index in [0.717, 1.165) is 48.8 Å². The van der Waals surface area contributed by atoms with Crippen molar-refractivity contribution in [2.75, 3.05) is 26.2 Å². The van der Waals surface area contributed by atoms with Gasteiger partial charge in [0.05, 0.1) is 0 Å². The van der Waals surface area contributed by atoms with E-state index >= 15 is 0 Å². The van der Waals surface area contributed by atoms with Crippen LogP contribution in [-0.2, 0) is 22.7 Å². The fourth-order valence-corrected chi connectivity index (χ4v) is 3.32. The molecule has 1 fully saturated rings. The lowest BCUT2D eigenvalue weighted by molar-refractivity contribution is -0.159. The minimum atomic E-state index is -1.82. The quantitative estimate of drug-likeness (QED) is 0.666. The predicted octanol–water partition coefficient (Wildman–Crippen LogP) is 3.58. The second-order valence-electron chi connectivity index (χ2n) is 6.42. The summed E-state index contributed by atoms with van der Waals surface area (Å²) in [4.78, 5) is 23.2. The van der Waals surface area contributed by atoms with E-state index in [-0.39, 0.29) is 0 Å². The van der Waals surface area contributed by atoms with Gasteiger partial charge in [0, 0.05) is 48.8 Å². The Hall–Kier alpha value is -1.93. The SMILES string of the molecule is Clc1cccc(CN2CCN(Cc3ccc(Br)cc3)CC2)c1.O=C(O)C(=O)O. The number of piperazine rings is 1. The topological polar surface area (TPSA) is 81.1 Å². The average molecular weight is 470 g/mol. The summed E-state index contributed by atoms with van der Waals surface area (Å²) < 4.78 is 1.14. The largest absolute Gasteiger partial charge is 0.473 e. The molecule has 0 unspecified atom stereocenters. The van der Waals surface area contributed by atoms with Gasteiger partial charge in [0.15, 0.2) is 0 Å². The molecule has 150 valence electrons. The number of carbonyl (C=O) groups is 2. The Morgan fingerprint density at radius 3 is 1.82 bits per heavy atom. The highest BCUT2D eigenvalue weighted by Gasteiger charge is 2.17. The summed E-state index contributed by atoms with van der Waals surface area (Å²) in [5.74, 6) is -3.65. The molecule has 0 bridgehead atoms. The summed E-state index contributed by atoms with van der Waals surface area (Å²) in [6.45, 7) is 6.50. The van der Waals surface area contributed by atoms with E-state index in [4.69, 9.17) is 31.4 Å². The van der Waals surface area contributed by atoms with Crippen LogP contribution in [0.5, 0.6) is 0 Å². The Bertz CT molecular complexity index is 781. The summed E-state index contributed by atoms with van der Waals surface area (Å²) >= 11 is 9.54. The summed E-state index contributed by atoms with van der Waals surface area (Å²) in [6, 6.07) is 16.8. The fourth-order valence-electron chi connectivity index (χ4n) is 2.85. The normalized spacial score (nSPS) is 14.8. The van der Waals surface area contributed by atoms with Gasteiger partial charge in [0.2, 0.25) is 0 Å². The van der Waals surface area contributed by atoms with Crippen molar-refractivity contribution < 1.29 is 19.8 Å². The van der Waals surface area contributed by atoms with Crippen molar-refractivity contribution in [3.05, 3.63) is 69.2 Å². The van der Waals surface area contributed by atoms with E-state index in [1.807, 2.05) is 12.1 Å². The van der Waals surface area contributed by atoms with E-state index in [1.165, 1.54) is 11.1 Å². The lowest BCUT2D eigenvalue weighted by Gasteiger charge is -2.34. The molecule has 0 spiro atoms. The Balaban J connectivity index is 0.000000409. The highest BCUT2D eigenvalue weighted by molar-refractivity contribution is 9.10. The van der Waals surface area contributed by atoms with Crippen molar-refractivity contribution in [2.45, 2.75) is 13.1 Å². The van der Waals surface area contributed by atoms with Crippen LogP contribution in [0.4, 0.5) is 0 Å². The molecule has 3 rings (SSSR count). The van der Waals surface area contributed by atoms with Crippen LogP contribution in [0.1, 0.15) is 11.1 Å². The maximum Gasteiger partial charge on any atom is 0.414 e. The van der Waals surface area contributed by atoms with E-state index in [0.29, 0.717) is 0 Å². The first kappa shape index (κ1) is 22.4. The summed E-state index contributed by atoms with van der Waals surface area (Å²) in [6.07, 6.45) is 0. The monoisotopic (exact) mass is 468 g/mol. The average Bonchev–Trinajstić information content (AvgIpc) is 2.66. The number of benzene rings is 2. The van der Waals surface area contributed by atoms with Gasteiger partial charge in [-0.15, -0.1) is 0 Å². The predicted molar refractivity (Wildman–Crippen MR) is 111 cm³/mol. The minimum Gasteiger partial charge on any atom is -0.473 e. The molecule has 0 aliphatic carbocycles. The number of hydrogen-bond donors (Lipinski definition) is 2. The van der Waals surface area contributed by atoms with E-state index in [9.17, 15) is 0 Å². The second-order valence-corrected chi connectivity index (χ2v) is 7.77. The van der Waals surface area contributed by atoms with Gasteiger partial charge >= 0.3 is 11.9 Å². The zero-order valence-corrected chi connectivity index (χ0v) is 17.6. The van der Waals surface area contributed by atoms with E-state index in [1.54, 1.807) is 0 Å². The van der Waals surface area contributed by atoms with Crippen molar-refractivity contribution in [1.82, 2.24) is 9.80 Å². The highest BCUT2D eigenvalue weighted by atomic mass is 79.9. The van der Waals surface area contributed by atoms with Gasteiger partial charge in [-0.25, -0.2) is 9.59 Å². The Morgan fingerprint density at radius 1 is 0.857 bits per heavy atom. The summed E-state index contributed by atoms with van der Waals surface area (Å²) in [5.41, 5.74) is 2.68. The number of hydrogen-bond acceptors (Lipinski definition) is 4. The van der Waals surface area contributed by atoms with Crippen LogP contribution in [0.25, 0.3) is 0 Å². The van der Waals surface area contributed by atoms with Crippen LogP contribution in [0.3, 0.4) is 0 Å². The first-order valence-corrected chi connectivity index (χ1v) is 9.90. The number of aliphatic carboxylic acids is 2. The van der Waals surface area contributed by atoms with Gasteiger partial charge in [-0.05, 0) is 35.4 Å². The Labute approximate surface area is 177 Å². The third kappa shape index (κ3) is 7.98. The molecule has 28 heavy (non-hydrogen) atoms. The Morgan fingerprint density at radius 2 is 1.36 bits per heavy atom. The van der Waals surface area contributed by atoms with Crippen LogP contribution < -0.4 is 0 Å². The van der Waals surface area contributed by atoms with Gasteiger partial charge < -0.3 is 10.2 Å². The van der Waals surface area contributed by atoms with Crippen molar-refractivity contribution in [3.63, 3.8) is 0 Å². The molecule has 0 amide bonds. The zero-order chi connectivity index (χ0) is 20.5. The van der Waals surface area contributed by atoms with Gasteiger partial charge in [-0.2, -0.15) is 0 Å². The van der Waals surface area contributed by atoms with Gasteiger partial charge in [-0.1, -0.05) is 51.8 Å². The number of rotatable bonds is 4. The number of halogens is 2. The minimum absolute atomic E-state index is 0.825. The summed E-state index contributed by atoms with van der Waals surface area (Å²) in [5, 5.41) is 15.6. The highest BCUT2D eigenvalue weighted by Crippen LogP contribution is 2.16. The van der Waals surface area contributed by atoms with Crippen LogP contribution in [0.15, 0.2) is 53.0 Å². The van der Waals surface area contributed by atoms with Crippen LogP contribution in [-0.4, -0.2) is 58.1 Å². The molecule has 2 aromatic carbocycles. The standard InChI is InChI=1S/C18H20BrClN2.C2H2O4/c19-17-6-4-15(5-7-17)13-21-8-10-22(11-9-21)14-16-2-1-3-18(20)12-16;3-1(4)2(5)6/h1-7,12H,8-11,13-14H2;(H,3,4)(H,5,6). The lowest BCUT2D eigenvalue weighted by atomic mass is 10.1. The molecule has 0 radical (unpaired) electrons. The first-order chi connectivity index (χ1) is 13.3. The van der Waals surface area contributed by atoms with Gasteiger partial charge in [-0.3, -0.25) is 9.80 Å². The molecule has 2 aromatic rings.